The molecule has 0 aliphatic heterocycles. The van der Waals surface area contributed by atoms with E-state index in [1.54, 1.807) is 12.4 Å². The van der Waals surface area contributed by atoms with Gasteiger partial charge in [0.25, 0.3) is 0 Å². The van der Waals surface area contributed by atoms with Crippen LogP contribution in [0.15, 0.2) is 42.7 Å². The van der Waals surface area contributed by atoms with E-state index < -0.39 is 0 Å². The maximum absolute atomic E-state index is 4.30. The first-order valence-corrected chi connectivity index (χ1v) is 5.21. The predicted molar refractivity (Wildman–Crippen MR) is 64.1 cm³/mol. The maximum Gasteiger partial charge on any atom is 0.161 e. The molecular weight excluding hydrogens is 198 g/mol. The average Bonchev–Trinajstić information content (AvgIpc) is 2.66. The Hall–Kier alpha value is -2.16. The standard InChI is InChI=1S/C13H11N3/c1-9-12(13-14-7-4-8-15-13)10-5-2-3-6-11(10)16-9/h2-8,16H,1H3. The molecule has 0 radical (unpaired) electrons. The van der Waals surface area contributed by atoms with Crippen molar-refractivity contribution in [3.63, 3.8) is 0 Å². The van der Waals surface area contributed by atoms with E-state index in [1.807, 2.05) is 25.1 Å². The Morgan fingerprint density at radius 3 is 2.56 bits per heavy atom. The Kier molecular flexibility index (Phi) is 1.96. The second kappa shape index (κ2) is 3.45. The summed E-state index contributed by atoms with van der Waals surface area (Å²) < 4.78 is 0. The van der Waals surface area contributed by atoms with Crippen molar-refractivity contribution in [1.82, 2.24) is 15.0 Å². The van der Waals surface area contributed by atoms with Crippen molar-refractivity contribution in [3.05, 3.63) is 48.4 Å². The van der Waals surface area contributed by atoms with Crippen LogP contribution < -0.4 is 0 Å². The molecule has 16 heavy (non-hydrogen) atoms. The summed E-state index contributed by atoms with van der Waals surface area (Å²) in [6.45, 7) is 2.05. The normalized spacial score (nSPS) is 10.8. The number of aryl methyl sites for hydroxylation is 1. The molecule has 0 aliphatic carbocycles. The monoisotopic (exact) mass is 209 g/mol. The van der Waals surface area contributed by atoms with Gasteiger partial charge in [0, 0.05) is 34.6 Å². The fraction of sp³-hybridized carbons (Fsp3) is 0.0769. The summed E-state index contributed by atoms with van der Waals surface area (Å²) in [5.41, 5.74) is 3.33. The second-order valence-electron chi connectivity index (χ2n) is 3.74. The zero-order valence-electron chi connectivity index (χ0n) is 8.94. The van der Waals surface area contributed by atoms with Crippen LogP contribution in [0.25, 0.3) is 22.3 Å². The molecule has 2 aromatic heterocycles. The summed E-state index contributed by atoms with van der Waals surface area (Å²) >= 11 is 0. The molecule has 3 rings (SSSR count). The fourth-order valence-corrected chi connectivity index (χ4v) is 1.99. The van der Waals surface area contributed by atoms with Gasteiger partial charge in [0.1, 0.15) is 0 Å². The van der Waals surface area contributed by atoms with Gasteiger partial charge in [-0.15, -0.1) is 0 Å². The first kappa shape index (κ1) is 9.09. The Labute approximate surface area is 93.2 Å². The first-order chi connectivity index (χ1) is 7.86. The molecule has 3 heteroatoms. The van der Waals surface area contributed by atoms with Crippen LogP contribution in [-0.2, 0) is 0 Å². The molecule has 1 aromatic carbocycles. The van der Waals surface area contributed by atoms with Gasteiger partial charge < -0.3 is 4.98 Å². The fourth-order valence-electron chi connectivity index (χ4n) is 1.99. The van der Waals surface area contributed by atoms with Gasteiger partial charge in [-0.25, -0.2) is 9.97 Å². The second-order valence-corrected chi connectivity index (χ2v) is 3.74. The Morgan fingerprint density at radius 2 is 1.75 bits per heavy atom. The summed E-state index contributed by atoms with van der Waals surface area (Å²) in [5, 5.41) is 1.17. The lowest BCUT2D eigenvalue weighted by atomic mass is 10.1. The van der Waals surface area contributed by atoms with Crippen LogP contribution in [0.2, 0.25) is 0 Å². The summed E-state index contributed by atoms with van der Waals surface area (Å²) in [6.07, 6.45) is 3.53. The van der Waals surface area contributed by atoms with Crippen LogP contribution in [0, 0.1) is 6.92 Å². The summed E-state index contributed by atoms with van der Waals surface area (Å²) in [5.74, 6) is 0.775. The van der Waals surface area contributed by atoms with Gasteiger partial charge in [-0.3, -0.25) is 0 Å². The molecule has 3 nitrogen and oxygen atoms in total. The number of aromatic nitrogens is 3. The number of aromatic amines is 1. The van der Waals surface area contributed by atoms with Gasteiger partial charge >= 0.3 is 0 Å². The van der Waals surface area contributed by atoms with Crippen LogP contribution in [0.5, 0.6) is 0 Å². The molecule has 0 saturated carbocycles. The molecule has 0 spiro atoms. The van der Waals surface area contributed by atoms with E-state index in [9.17, 15) is 0 Å². The topological polar surface area (TPSA) is 41.6 Å². The molecule has 3 aromatic rings. The molecule has 0 fully saturated rings. The van der Waals surface area contributed by atoms with Crippen LogP contribution in [0.1, 0.15) is 5.69 Å². The SMILES string of the molecule is Cc1[nH]c2ccccc2c1-c1ncccn1. The third kappa shape index (κ3) is 1.29. The van der Waals surface area contributed by atoms with Gasteiger partial charge in [0.15, 0.2) is 5.82 Å². The van der Waals surface area contributed by atoms with E-state index in [0.717, 1.165) is 22.6 Å². The highest BCUT2D eigenvalue weighted by atomic mass is 14.9. The average molecular weight is 209 g/mol. The highest BCUT2D eigenvalue weighted by Crippen LogP contribution is 2.28. The quantitative estimate of drug-likeness (QED) is 0.669. The Bertz CT molecular complexity index is 626. The highest BCUT2D eigenvalue weighted by Gasteiger charge is 2.11. The third-order valence-corrected chi connectivity index (χ3v) is 2.68. The number of nitrogens with zero attached hydrogens (tertiary/aromatic N) is 2. The van der Waals surface area contributed by atoms with Crippen LogP contribution in [0.4, 0.5) is 0 Å². The third-order valence-electron chi connectivity index (χ3n) is 2.68. The first-order valence-electron chi connectivity index (χ1n) is 5.21. The molecule has 2 heterocycles. The van der Waals surface area contributed by atoms with E-state index >= 15 is 0 Å². The minimum Gasteiger partial charge on any atom is -0.358 e. The lowest BCUT2D eigenvalue weighted by Gasteiger charge is -1.98. The molecule has 0 unspecified atom stereocenters. The van der Waals surface area contributed by atoms with E-state index in [-0.39, 0.29) is 0 Å². The van der Waals surface area contributed by atoms with Gasteiger partial charge in [-0.1, -0.05) is 18.2 Å². The molecule has 0 amide bonds. The van der Waals surface area contributed by atoms with Crippen molar-refractivity contribution >= 4 is 10.9 Å². The van der Waals surface area contributed by atoms with Gasteiger partial charge in [-0.05, 0) is 19.1 Å². The molecule has 0 saturated heterocycles. The van der Waals surface area contributed by atoms with Crippen molar-refractivity contribution in [2.45, 2.75) is 6.92 Å². The van der Waals surface area contributed by atoms with E-state index in [1.165, 1.54) is 5.39 Å². The smallest absolute Gasteiger partial charge is 0.161 e. The van der Waals surface area contributed by atoms with Crippen molar-refractivity contribution in [3.8, 4) is 11.4 Å². The summed E-state index contributed by atoms with van der Waals surface area (Å²) in [4.78, 5) is 11.9. The molecule has 78 valence electrons. The Morgan fingerprint density at radius 1 is 1.00 bits per heavy atom. The minimum atomic E-state index is 0.775. The van der Waals surface area contributed by atoms with Crippen molar-refractivity contribution < 1.29 is 0 Å². The lowest BCUT2D eigenvalue weighted by molar-refractivity contribution is 1.16. The zero-order valence-corrected chi connectivity index (χ0v) is 8.94. The number of para-hydroxylation sites is 1. The number of nitrogens with one attached hydrogen (secondary N) is 1. The van der Waals surface area contributed by atoms with E-state index in [0.29, 0.717) is 0 Å². The van der Waals surface area contributed by atoms with E-state index in [4.69, 9.17) is 0 Å². The van der Waals surface area contributed by atoms with Crippen molar-refractivity contribution in [2.24, 2.45) is 0 Å². The molecule has 0 atom stereocenters. The molecule has 1 N–H and O–H groups in total. The number of fused-ring (bicyclic) bond motifs is 1. The number of benzene rings is 1. The van der Waals surface area contributed by atoms with Crippen LogP contribution >= 0.6 is 0 Å². The van der Waals surface area contributed by atoms with Crippen molar-refractivity contribution in [2.75, 3.05) is 0 Å². The van der Waals surface area contributed by atoms with Crippen LogP contribution in [0.3, 0.4) is 0 Å². The predicted octanol–water partition coefficient (Wildman–Crippen LogP) is 2.93. The molecule has 0 aliphatic rings. The largest absolute Gasteiger partial charge is 0.358 e. The van der Waals surface area contributed by atoms with Gasteiger partial charge in [0.2, 0.25) is 0 Å². The molecular formula is C13H11N3. The van der Waals surface area contributed by atoms with E-state index in [2.05, 4.69) is 27.1 Å². The van der Waals surface area contributed by atoms with Gasteiger partial charge in [0.05, 0.1) is 0 Å². The lowest BCUT2D eigenvalue weighted by Crippen LogP contribution is -1.87. The maximum atomic E-state index is 4.30. The number of hydrogen-bond acceptors (Lipinski definition) is 2. The number of rotatable bonds is 1. The Balaban J connectivity index is 2.35. The summed E-state index contributed by atoms with van der Waals surface area (Å²) in [7, 11) is 0. The van der Waals surface area contributed by atoms with Gasteiger partial charge in [-0.2, -0.15) is 0 Å². The minimum absolute atomic E-state index is 0.775. The number of H-pyrrole nitrogens is 1. The molecule has 0 bridgehead atoms. The van der Waals surface area contributed by atoms with Crippen LogP contribution in [-0.4, -0.2) is 15.0 Å². The summed E-state index contributed by atoms with van der Waals surface area (Å²) in [6, 6.07) is 10.0. The zero-order chi connectivity index (χ0) is 11.0. The highest BCUT2D eigenvalue weighted by molar-refractivity contribution is 5.95. The number of hydrogen-bond donors (Lipinski definition) is 1. The van der Waals surface area contributed by atoms with Crippen molar-refractivity contribution in [1.29, 1.82) is 0 Å².